The monoisotopic (exact) mass is 463 g/mol. The van der Waals surface area contributed by atoms with Crippen LogP contribution in [0.1, 0.15) is 36.5 Å². The highest BCUT2D eigenvalue weighted by Crippen LogP contribution is 2.36. The summed E-state index contributed by atoms with van der Waals surface area (Å²) in [6.07, 6.45) is 0. The highest BCUT2D eigenvalue weighted by molar-refractivity contribution is 8.00. The quantitative estimate of drug-likeness (QED) is 0.485. The summed E-state index contributed by atoms with van der Waals surface area (Å²) in [6.45, 7) is 4.11. The molecule has 0 spiro atoms. The van der Waals surface area contributed by atoms with Gasteiger partial charge in [0.15, 0.2) is 0 Å². The van der Waals surface area contributed by atoms with E-state index in [1.165, 1.54) is 0 Å². The normalized spacial score (nSPS) is 10.5. The number of anilines is 2. The number of carbonyl (C=O) groups is 1. The molecule has 166 valence electrons. The van der Waals surface area contributed by atoms with E-state index < -0.39 is 17.5 Å². The first kappa shape index (κ1) is 23.7. The lowest BCUT2D eigenvalue weighted by Gasteiger charge is -2.14. The van der Waals surface area contributed by atoms with Gasteiger partial charge in [0, 0.05) is 11.6 Å². The summed E-state index contributed by atoms with van der Waals surface area (Å²) >= 11 is 0.927. The van der Waals surface area contributed by atoms with Crippen LogP contribution >= 0.6 is 11.8 Å². The minimum absolute atomic E-state index is 0.0630. The number of halogens is 2. The fourth-order valence-corrected chi connectivity index (χ4v) is 3.93. The molecule has 0 bridgehead atoms. The maximum absolute atomic E-state index is 13.8. The molecule has 0 saturated carbocycles. The molecule has 0 aliphatic heterocycles. The Labute approximate surface area is 194 Å². The zero-order valence-electron chi connectivity index (χ0n) is 17.8. The maximum Gasteiger partial charge on any atom is 0.234 e. The Hall–Kier alpha value is -3.95. The molecular weight excluding hydrogens is 444 g/mol. The molecular formula is C24H19F2N5OS. The molecule has 0 radical (unpaired) electrons. The third kappa shape index (κ3) is 5.28. The van der Waals surface area contributed by atoms with E-state index in [0.29, 0.717) is 23.1 Å². The summed E-state index contributed by atoms with van der Waals surface area (Å²) in [7, 11) is 0. The molecule has 0 unspecified atom stereocenters. The van der Waals surface area contributed by atoms with Gasteiger partial charge in [-0.1, -0.05) is 49.9 Å². The number of amides is 1. The van der Waals surface area contributed by atoms with Crippen LogP contribution in [0.25, 0.3) is 11.1 Å². The number of nitriles is 2. The van der Waals surface area contributed by atoms with E-state index in [1.807, 2.05) is 30.3 Å². The summed E-state index contributed by atoms with van der Waals surface area (Å²) in [5, 5.41) is 22.0. The van der Waals surface area contributed by atoms with Crippen molar-refractivity contribution < 1.29 is 13.6 Å². The number of rotatable bonds is 6. The zero-order chi connectivity index (χ0) is 24.1. The Morgan fingerprint density at radius 1 is 1.12 bits per heavy atom. The molecule has 0 saturated heterocycles. The van der Waals surface area contributed by atoms with Crippen molar-refractivity contribution >= 4 is 29.2 Å². The summed E-state index contributed by atoms with van der Waals surface area (Å²) in [4.78, 5) is 16.4. The molecule has 2 aromatic carbocycles. The van der Waals surface area contributed by atoms with Crippen LogP contribution in [-0.2, 0) is 4.79 Å². The van der Waals surface area contributed by atoms with Gasteiger partial charge in [0.1, 0.15) is 40.2 Å². The molecule has 6 nitrogen and oxygen atoms in total. The number of thioether (sulfide) groups is 1. The van der Waals surface area contributed by atoms with Crippen LogP contribution < -0.4 is 11.1 Å². The van der Waals surface area contributed by atoms with Crippen molar-refractivity contribution in [2.45, 2.75) is 24.8 Å². The van der Waals surface area contributed by atoms with Gasteiger partial charge in [-0.3, -0.25) is 4.79 Å². The number of carbonyl (C=O) groups excluding carboxylic acids is 1. The molecule has 3 N–H and O–H groups in total. The van der Waals surface area contributed by atoms with Crippen LogP contribution in [0.5, 0.6) is 0 Å². The van der Waals surface area contributed by atoms with Gasteiger partial charge in [0.2, 0.25) is 5.91 Å². The van der Waals surface area contributed by atoms with Gasteiger partial charge >= 0.3 is 0 Å². The smallest absolute Gasteiger partial charge is 0.234 e. The van der Waals surface area contributed by atoms with Crippen molar-refractivity contribution in [3.63, 3.8) is 0 Å². The average molecular weight is 464 g/mol. The SMILES string of the molecule is CC(C)c1ccc(-c2c(C#N)c(N)nc(SCC(=O)Nc3ccc(F)cc3F)c2C#N)cc1. The number of nitrogen functional groups attached to an aromatic ring is 1. The summed E-state index contributed by atoms with van der Waals surface area (Å²) in [5.74, 6) is -2.21. The number of pyridine rings is 1. The van der Waals surface area contributed by atoms with Crippen LogP contribution in [0, 0.1) is 34.3 Å². The lowest BCUT2D eigenvalue weighted by atomic mass is 9.94. The fraction of sp³-hybridized carbons (Fsp3) is 0.167. The molecule has 0 aliphatic rings. The second-order valence-corrected chi connectivity index (χ2v) is 8.35. The lowest BCUT2D eigenvalue weighted by Crippen LogP contribution is -2.15. The third-order valence-electron chi connectivity index (χ3n) is 4.83. The highest BCUT2D eigenvalue weighted by atomic mass is 32.2. The van der Waals surface area contributed by atoms with Crippen LogP contribution in [0.15, 0.2) is 47.5 Å². The van der Waals surface area contributed by atoms with Gasteiger partial charge in [-0.05, 0) is 29.2 Å². The van der Waals surface area contributed by atoms with Gasteiger partial charge in [0.05, 0.1) is 17.0 Å². The minimum Gasteiger partial charge on any atom is -0.383 e. The minimum atomic E-state index is -0.904. The predicted molar refractivity (Wildman–Crippen MR) is 123 cm³/mol. The molecule has 0 atom stereocenters. The van der Waals surface area contributed by atoms with Crippen molar-refractivity contribution in [2.24, 2.45) is 0 Å². The van der Waals surface area contributed by atoms with E-state index in [2.05, 4.69) is 30.2 Å². The maximum atomic E-state index is 13.8. The summed E-state index contributed by atoms with van der Waals surface area (Å²) < 4.78 is 26.8. The van der Waals surface area contributed by atoms with E-state index in [-0.39, 0.29) is 33.4 Å². The molecule has 3 aromatic rings. The van der Waals surface area contributed by atoms with E-state index >= 15 is 0 Å². The highest BCUT2D eigenvalue weighted by Gasteiger charge is 2.21. The van der Waals surface area contributed by atoms with E-state index in [4.69, 9.17) is 5.73 Å². The Bertz CT molecular complexity index is 1290. The second kappa shape index (κ2) is 10.1. The Kier molecular flexibility index (Phi) is 7.27. The number of aromatic nitrogens is 1. The topological polar surface area (TPSA) is 116 Å². The molecule has 1 aromatic heterocycles. The number of nitrogens with zero attached hydrogens (tertiary/aromatic N) is 3. The van der Waals surface area contributed by atoms with E-state index in [1.54, 1.807) is 0 Å². The van der Waals surface area contributed by atoms with Gasteiger partial charge in [-0.25, -0.2) is 13.8 Å². The molecule has 0 aliphatic carbocycles. The number of nitrogens with one attached hydrogen (secondary N) is 1. The molecule has 3 rings (SSSR count). The third-order valence-corrected chi connectivity index (χ3v) is 5.80. The first-order chi connectivity index (χ1) is 15.7. The van der Waals surface area contributed by atoms with Gasteiger partial charge < -0.3 is 11.1 Å². The van der Waals surface area contributed by atoms with Gasteiger partial charge in [-0.15, -0.1) is 0 Å². The van der Waals surface area contributed by atoms with Crippen molar-refractivity contribution in [3.05, 3.63) is 70.8 Å². The second-order valence-electron chi connectivity index (χ2n) is 7.39. The first-order valence-electron chi connectivity index (χ1n) is 9.86. The van der Waals surface area contributed by atoms with Crippen molar-refractivity contribution in [2.75, 3.05) is 16.8 Å². The molecule has 0 fully saturated rings. The average Bonchev–Trinajstić information content (AvgIpc) is 2.79. The van der Waals surface area contributed by atoms with Gasteiger partial charge in [-0.2, -0.15) is 10.5 Å². The van der Waals surface area contributed by atoms with E-state index in [0.717, 1.165) is 29.5 Å². The van der Waals surface area contributed by atoms with Gasteiger partial charge in [0.25, 0.3) is 0 Å². The fourth-order valence-electron chi connectivity index (χ4n) is 3.14. The first-order valence-corrected chi connectivity index (χ1v) is 10.8. The number of benzene rings is 2. The van der Waals surface area contributed by atoms with Crippen LogP contribution in [0.3, 0.4) is 0 Å². The Balaban J connectivity index is 1.92. The molecule has 33 heavy (non-hydrogen) atoms. The van der Waals surface area contributed by atoms with Crippen LogP contribution in [-0.4, -0.2) is 16.6 Å². The van der Waals surface area contributed by atoms with Crippen molar-refractivity contribution in [3.8, 4) is 23.3 Å². The number of hydrogen-bond acceptors (Lipinski definition) is 6. The number of hydrogen-bond donors (Lipinski definition) is 2. The summed E-state index contributed by atoms with van der Waals surface area (Å²) in [6, 6.07) is 14.3. The largest absolute Gasteiger partial charge is 0.383 e. The summed E-state index contributed by atoms with van der Waals surface area (Å²) in [5.41, 5.74) is 8.08. The molecule has 1 amide bonds. The predicted octanol–water partition coefficient (Wildman–Crippen LogP) is 5.21. The molecule has 9 heteroatoms. The number of nitrogens with two attached hydrogens (primary N) is 1. The lowest BCUT2D eigenvalue weighted by molar-refractivity contribution is -0.113. The van der Waals surface area contributed by atoms with Crippen molar-refractivity contribution in [1.29, 1.82) is 10.5 Å². The Morgan fingerprint density at radius 3 is 2.36 bits per heavy atom. The molecule has 1 heterocycles. The standard InChI is InChI=1S/C24H19F2N5OS/c1-13(2)14-3-5-15(6-4-14)22-17(10-27)23(29)31-24(18(22)11-28)33-12-21(32)30-20-8-7-16(25)9-19(20)26/h3-9,13H,12H2,1-2H3,(H2,29,31)(H,30,32). The van der Waals surface area contributed by atoms with E-state index in [9.17, 15) is 24.1 Å². The Morgan fingerprint density at radius 2 is 1.79 bits per heavy atom. The van der Waals surface area contributed by atoms with Crippen LogP contribution in [0.4, 0.5) is 20.3 Å². The van der Waals surface area contributed by atoms with Crippen molar-refractivity contribution in [1.82, 2.24) is 4.98 Å². The van der Waals surface area contributed by atoms with Crippen LogP contribution in [0.2, 0.25) is 0 Å². The zero-order valence-corrected chi connectivity index (χ0v) is 18.6.